The molecule has 0 atom stereocenters. The quantitative estimate of drug-likeness (QED) is 0.610. The van der Waals surface area contributed by atoms with E-state index in [9.17, 15) is 0 Å². The maximum Gasteiger partial charge on any atom is 0.0462 e. The van der Waals surface area contributed by atoms with E-state index in [1.54, 1.807) is 7.11 Å². The van der Waals surface area contributed by atoms with Crippen LogP contribution in [0.25, 0.3) is 0 Å². The van der Waals surface area contributed by atoms with Crippen molar-refractivity contribution >= 4 is 0 Å². The van der Waals surface area contributed by atoms with Crippen LogP contribution in [0, 0.1) is 5.41 Å². The average molecular weight is 227 g/mol. The molecule has 1 aliphatic carbocycles. The molecule has 0 aromatic rings. The summed E-state index contributed by atoms with van der Waals surface area (Å²) in [6.07, 6.45) is 11.0. The minimum atomic E-state index is 0.628. The van der Waals surface area contributed by atoms with E-state index in [0.717, 1.165) is 6.61 Å². The molecule has 2 heteroatoms. The van der Waals surface area contributed by atoms with Gasteiger partial charge in [0.05, 0.1) is 0 Å². The molecule has 16 heavy (non-hydrogen) atoms. The molecular formula is C14H29NO. The minimum Gasteiger partial charge on any atom is -0.385 e. The van der Waals surface area contributed by atoms with Crippen molar-refractivity contribution < 1.29 is 4.74 Å². The fraction of sp³-hybridized carbons (Fsp3) is 1.00. The first kappa shape index (κ1) is 14.0. The molecule has 0 amide bonds. The van der Waals surface area contributed by atoms with E-state index in [0.29, 0.717) is 5.41 Å². The largest absolute Gasteiger partial charge is 0.385 e. The van der Waals surface area contributed by atoms with Gasteiger partial charge in [-0.2, -0.15) is 0 Å². The maximum atomic E-state index is 5.12. The Bertz CT molecular complexity index is 164. The lowest BCUT2D eigenvalue weighted by molar-refractivity contribution is 0.179. The highest BCUT2D eigenvalue weighted by molar-refractivity contribution is 4.86. The fourth-order valence-electron chi connectivity index (χ4n) is 2.92. The third kappa shape index (κ3) is 4.84. The SMILES string of the molecule is CCCNCC1(CCCCOC)CCCC1. The van der Waals surface area contributed by atoms with E-state index in [4.69, 9.17) is 4.74 Å². The van der Waals surface area contributed by atoms with Crippen molar-refractivity contribution in [1.29, 1.82) is 0 Å². The highest BCUT2D eigenvalue weighted by Crippen LogP contribution is 2.41. The number of methoxy groups -OCH3 is 1. The highest BCUT2D eigenvalue weighted by Gasteiger charge is 2.32. The second-order valence-corrected chi connectivity index (χ2v) is 5.33. The first-order valence-corrected chi connectivity index (χ1v) is 7.03. The van der Waals surface area contributed by atoms with Crippen LogP contribution in [0.15, 0.2) is 0 Å². The Morgan fingerprint density at radius 2 is 1.94 bits per heavy atom. The first-order valence-electron chi connectivity index (χ1n) is 7.03. The van der Waals surface area contributed by atoms with Gasteiger partial charge in [-0.1, -0.05) is 26.2 Å². The standard InChI is InChI=1S/C14H29NO/c1-3-11-15-13-14(8-4-5-9-14)10-6-7-12-16-2/h15H,3-13H2,1-2H3. The van der Waals surface area contributed by atoms with Crippen molar-refractivity contribution in [3.8, 4) is 0 Å². The Hall–Kier alpha value is -0.0800. The number of nitrogens with one attached hydrogen (secondary N) is 1. The molecule has 1 N–H and O–H groups in total. The lowest BCUT2D eigenvalue weighted by atomic mass is 9.81. The lowest BCUT2D eigenvalue weighted by Gasteiger charge is -2.29. The molecule has 0 saturated heterocycles. The van der Waals surface area contributed by atoms with Gasteiger partial charge in [-0.15, -0.1) is 0 Å². The van der Waals surface area contributed by atoms with E-state index in [-0.39, 0.29) is 0 Å². The summed E-state index contributed by atoms with van der Waals surface area (Å²) in [5.41, 5.74) is 0.628. The van der Waals surface area contributed by atoms with Gasteiger partial charge in [0.2, 0.25) is 0 Å². The zero-order valence-electron chi connectivity index (χ0n) is 11.2. The van der Waals surface area contributed by atoms with Crippen LogP contribution in [-0.4, -0.2) is 26.8 Å². The van der Waals surface area contributed by atoms with Crippen LogP contribution in [0.1, 0.15) is 58.3 Å². The number of ether oxygens (including phenoxy) is 1. The highest BCUT2D eigenvalue weighted by atomic mass is 16.5. The number of hydrogen-bond acceptors (Lipinski definition) is 2. The van der Waals surface area contributed by atoms with Gasteiger partial charge in [0.15, 0.2) is 0 Å². The normalized spacial score (nSPS) is 19.1. The van der Waals surface area contributed by atoms with E-state index in [1.807, 2.05) is 0 Å². The number of rotatable bonds is 9. The van der Waals surface area contributed by atoms with Gasteiger partial charge in [0.1, 0.15) is 0 Å². The van der Waals surface area contributed by atoms with Gasteiger partial charge in [-0.25, -0.2) is 0 Å². The smallest absolute Gasteiger partial charge is 0.0462 e. The molecule has 0 aliphatic heterocycles. The third-order valence-electron chi connectivity index (χ3n) is 3.90. The van der Waals surface area contributed by atoms with Crippen molar-refractivity contribution in [1.82, 2.24) is 5.32 Å². The summed E-state index contributed by atoms with van der Waals surface area (Å²) >= 11 is 0. The minimum absolute atomic E-state index is 0.628. The molecule has 0 unspecified atom stereocenters. The summed E-state index contributed by atoms with van der Waals surface area (Å²) in [6, 6.07) is 0. The summed E-state index contributed by atoms with van der Waals surface area (Å²) in [5, 5.41) is 3.63. The lowest BCUT2D eigenvalue weighted by Crippen LogP contribution is -2.32. The Labute approximate surface area is 101 Å². The van der Waals surface area contributed by atoms with Gasteiger partial charge < -0.3 is 10.1 Å². The monoisotopic (exact) mass is 227 g/mol. The molecule has 0 bridgehead atoms. The Balaban J connectivity index is 2.22. The number of hydrogen-bond donors (Lipinski definition) is 1. The van der Waals surface area contributed by atoms with E-state index in [1.165, 1.54) is 64.5 Å². The summed E-state index contributed by atoms with van der Waals surface area (Å²) in [4.78, 5) is 0. The summed E-state index contributed by atoms with van der Waals surface area (Å²) in [5.74, 6) is 0. The molecule has 1 aliphatic rings. The zero-order chi connectivity index (χ0) is 11.7. The molecule has 0 spiro atoms. The van der Waals surface area contributed by atoms with Crippen molar-refractivity contribution in [3.63, 3.8) is 0 Å². The maximum absolute atomic E-state index is 5.12. The van der Waals surface area contributed by atoms with E-state index in [2.05, 4.69) is 12.2 Å². The molecule has 1 fully saturated rings. The second kappa shape index (κ2) is 8.08. The van der Waals surface area contributed by atoms with E-state index < -0.39 is 0 Å². The van der Waals surface area contributed by atoms with Crippen LogP contribution in [0.5, 0.6) is 0 Å². The van der Waals surface area contributed by atoms with Gasteiger partial charge in [-0.3, -0.25) is 0 Å². The zero-order valence-corrected chi connectivity index (χ0v) is 11.2. The predicted octanol–water partition coefficient (Wildman–Crippen LogP) is 3.36. The molecule has 0 heterocycles. The van der Waals surface area contributed by atoms with E-state index >= 15 is 0 Å². The Morgan fingerprint density at radius 3 is 2.56 bits per heavy atom. The van der Waals surface area contributed by atoms with Crippen LogP contribution in [-0.2, 0) is 4.74 Å². The van der Waals surface area contributed by atoms with Crippen molar-refractivity contribution in [2.45, 2.75) is 58.3 Å². The summed E-state index contributed by atoms with van der Waals surface area (Å²) in [7, 11) is 1.80. The van der Waals surface area contributed by atoms with Crippen LogP contribution < -0.4 is 5.32 Å². The molecule has 0 radical (unpaired) electrons. The number of unbranched alkanes of at least 4 members (excludes halogenated alkanes) is 1. The second-order valence-electron chi connectivity index (χ2n) is 5.33. The van der Waals surface area contributed by atoms with Gasteiger partial charge >= 0.3 is 0 Å². The van der Waals surface area contributed by atoms with Crippen LogP contribution in [0.4, 0.5) is 0 Å². The predicted molar refractivity (Wildman–Crippen MR) is 69.8 cm³/mol. The first-order chi connectivity index (χ1) is 7.83. The van der Waals surface area contributed by atoms with Crippen LogP contribution in [0.2, 0.25) is 0 Å². The molecule has 0 aromatic heterocycles. The van der Waals surface area contributed by atoms with Crippen LogP contribution in [0.3, 0.4) is 0 Å². The summed E-state index contributed by atoms with van der Waals surface area (Å²) < 4.78 is 5.12. The topological polar surface area (TPSA) is 21.3 Å². The molecule has 2 nitrogen and oxygen atoms in total. The van der Waals surface area contributed by atoms with Crippen molar-refractivity contribution in [3.05, 3.63) is 0 Å². The molecular weight excluding hydrogens is 198 g/mol. The molecule has 96 valence electrons. The van der Waals surface area contributed by atoms with Gasteiger partial charge in [-0.05, 0) is 44.1 Å². The molecule has 1 saturated carbocycles. The Kier molecular flexibility index (Phi) is 7.06. The fourth-order valence-corrected chi connectivity index (χ4v) is 2.92. The van der Waals surface area contributed by atoms with Crippen molar-refractivity contribution in [2.24, 2.45) is 5.41 Å². The average Bonchev–Trinajstić information content (AvgIpc) is 2.74. The third-order valence-corrected chi connectivity index (χ3v) is 3.90. The van der Waals surface area contributed by atoms with Gasteiger partial charge in [0.25, 0.3) is 0 Å². The molecule has 1 rings (SSSR count). The summed E-state index contributed by atoms with van der Waals surface area (Å²) in [6.45, 7) is 5.60. The van der Waals surface area contributed by atoms with Crippen LogP contribution >= 0.6 is 0 Å². The van der Waals surface area contributed by atoms with Gasteiger partial charge in [0, 0.05) is 20.3 Å². The molecule has 0 aromatic carbocycles. The Morgan fingerprint density at radius 1 is 1.19 bits per heavy atom. The van der Waals surface area contributed by atoms with Crippen molar-refractivity contribution in [2.75, 3.05) is 26.8 Å².